The van der Waals surface area contributed by atoms with E-state index in [0.29, 0.717) is 11.3 Å². The van der Waals surface area contributed by atoms with Crippen LogP contribution >= 0.6 is 0 Å². The van der Waals surface area contributed by atoms with E-state index in [1.807, 2.05) is 38.1 Å². The Hall–Kier alpha value is -2.17. The summed E-state index contributed by atoms with van der Waals surface area (Å²) >= 11 is 0. The zero-order valence-corrected chi connectivity index (χ0v) is 13.4. The summed E-state index contributed by atoms with van der Waals surface area (Å²) in [7, 11) is 0. The van der Waals surface area contributed by atoms with Gasteiger partial charge in [0.2, 0.25) is 0 Å². The molecule has 0 amide bonds. The highest BCUT2D eigenvalue weighted by Crippen LogP contribution is 2.20. The number of benzene rings is 2. The maximum Gasteiger partial charge on any atom is 0.343 e. The van der Waals surface area contributed by atoms with Crippen LogP contribution in [-0.2, 0) is 0 Å². The molecule has 2 rings (SSSR count). The maximum absolute atomic E-state index is 12.1. The van der Waals surface area contributed by atoms with Crippen molar-refractivity contribution in [1.29, 1.82) is 0 Å². The Morgan fingerprint density at radius 1 is 0.870 bits per heavy atom. The van der Waals surface area contributed by atoms with Crippen molar-refractivity contribution in [2.75, 3.05) is 13.2 Å². The van der Waals surface area contributed by atoms with Gasteiger partial charge in [0.25, 0.3) is 0 Å². The van der Waals surface area contributed by atoms with Crippen LogP contribution in [0, 0.1) is 0 Å². The molecule has 0 fully saturated rings. The highest BCUT2D eigenvalue weighted by molar-refractivity contribution is 5.91. The lowest BCUT2D eigenvalue weighted by Gasteiger charge is -2.10. The first-order chi connectivity index (χ1) is 11.0. The van der Waals surface area contributed by atoms with Crippen LogP contribution in [0.2, 0.25) is 0 Å². The molecule has 0 saturated heterocycles. The van der Waals surface area contributed by atoms with Crippen LogP contribution in [0.25, 0.3) is 0 Å². The number of hydrogen-bond acceptors (Lipinski definition) is 4. The van der Waals surface area contributed by atoms with E-state index in [9.17, 15) is 4.79 Å². The van der Waals surface area contributed by atoms with E-state index < -0.39 is 5.97 Å². The Bertz CT molecular complexity index is 631. The molecule has 0 aliphatic carbocycles. The summed E-state index contributed by atoms with van der Waals surface area (Å²) in [5, 5.41) is 18.3. The smallest absolute Gasteiger partial charge is 0.343 e. The van der Waals surface area contributed by atoms with Gasteiger partial charge in [0, 0.05) is 25.0 Å². The van der Waals surface area contributed by atoms with Gasteiger partial charge in [-0.15, -0.1) is 0 Å². The molecule has 0 aromatic heterocycles. The normalized spacial score (nSPS) is 13.4. The van der Waals surface area contributed by atoms with Gasteiger partial charge >= 0.3 is 5.97 Å². The quantitative estimate of drug-likeness (QED) is 0.635. The fourth-order valence-corrected chi connectivity index (χ4v) is 2.19. The van der Waals surface area contributed by atoms with Crippen molar-refractivity contribution >= 4 is 5.97 Å². The van der Waals surface area contributed by atoms with E-state index in [1.54, 1.807) is 24.3 Å². The maximum atomic E-state index is 12.1. The number of aliphatic hydroxyl groups excluding tert-OH is 2. The largest absolute Gasteiger partial charge is 0.423 e. The molecule has 23 heavy (non-hydrogen) atoms. The molecule has 4 nitrogen and oxygen atoms in total. The molecule has 0 spiro atoms. The summed E-state index contributed by atoms with van der Waals surface area (Å²) < 4.78 is 5.34. The first-order valence-electron chi connectivity index (χ1n) is 7.69. The minimum Gasteiger partial charge on any atom is -0.423 e. The highest BCUT2D eigenvalue weighted by Gasteiger charge is 2.11. The Kier molecular flexibility index (Phi) is 5.90. The van der Waals surface area contributed by atoms with Gasteiger partial charge in [-0.05, 0) is 35.4 Å². The molecule has 0 aliphatic heterocycles. The molecule has 0 saturated carbocycles. The second-order valence-corrected chi connectivity index (χ2v) is 5.75. The average molecular weight is 314 g/mol. The standard InChI is InChI=1S/C19H22O4/c1-13(11-20)15-3-5-17(6-4-15)19(22)23-18-9-7-16(8-10-18)14(2)12-21/h3-10,13-14,20-21H,11-12H2,1-2H3. The SMILES string of the molecule is CC(CO)c1ccc(OC(=O)c2ccc(C(C)CO)cc2)cc1. The molecule has 0 radical (unpaired) electrons. The Morgan fingerprint density at radius 3 is 1.74 bits per heavy atom. The van der Waals surface area contributed by atoms with Crippen molar-refractivity contribution in [3.63, 3.8) is 0 Å². The molecule has 2 atom stereocenters. The Morgan fingerprint density at radius 2 is 1.30 bits per heavy atom. The van der Waals surface area contributed by atoms with Crippen molar-refractivity contribution in [2.24, 2.45) is 0 Å². The first-order valence-corrected chi connectivity index (χ1v) is 7.69. The van der Waals surface area contributed by atoms with Gasteiger partial charge in [-0.25, -0.2) is 4.79 Å². The molecule has 0 bridgehead atoms. The molecule has 4 heteroatoms. The summed E-state index contributed by atoms with van der Waals surface area (Å²) in [6.07, 6.45) is 0. The van der Waals surface area contributed by atoms with Crippen LogP contribution in [-0.4, -0.2) is 29.4 Å². The lowest BCUT2D eigenvalue weighted by Crippen LogP contribution is -2.09. The van der Waals surface area contributed by atoms with Gasteiger partial charge < -0.3 is 14.9 Å². The monoisotopic (exact) mass is 314 g/mol. The van der Waals surface area contributed by atoms with Gasteiger partial charge in [-0.1, -0.05) is 38.1 Å². The van der Waals surface area contributed by atoms with Crippen LogP contribution in [0.4, 0.5) is 0 Å². The van der Waals surface area contributed by atoms with E-state index >= 15 is 0 Å². The second-order valence-electron chi connectivity index (χ2n) is 5.75. The second kappa shape index (κ2) is 7.90. The number of carbonyl (C=O) groups excluding carboxylic acids is 1. The molecule has 122 valence electrons. The van der Waals surface area contributed by atoms with Gasteiger partial charge in [0.05, 0.1) is 5.56 Å². The molecular formula is C19H22O4. The Labute approximate surface area is 136 Å². The van der Waals surface area contributed by atoms with Crippen molar-refractivity contribution < 1.29 is 19.7 Å². The van der Waals surface area contributed by atoms with Crippen molar-refractivity contribution in [3.05, 3.63) is 65.2 Å². The minimum atomic E-state index is -0.420. The zero-order chi connectivity index (χ0) is 16.8. The third-order valence-electron chi connectivity index (χ3n) is 3.92. The molecule has 2 aromatic carbocycles. The average Bonchev–Trinajstić information content (AvgIpc) is 2.61. The topological polar surface area (TPSA) is 66.8 Å². The summed E-state index contributed by atoms with van der Waals surface area (Å²) in [4.78, 5) is 12.1. The highest BCUT2D eigenvalue weighted by atomic mass is 16.5. The third-order valence-corrected chi connectivity index (χ3v) is 3.92. The van der Waals surface area contributed by atoms with Crippen LogP contribution in [0.1, 0.15) is 47.2 Å². The molecule has 0 heterocycles. The van der Waals surface area contributed by atoms with Crippen molar-refractivity contribution in [2.45, 2.75) is 25.7 Å². The molecule has 2 N–H and O–H groups in total. The van der Waals surface area contributed by atoms with E-state index in [1.165, 1.54) is 0 Å². The zero-order valence-electron chi connectivity index (χ0n) is 13.4. The molecule has 0 aliphatic rings. The number of aliphatic hydroxyl groups is 2. The van der Waals surface area contributed by atoms with Crippen molar-refractivity contribution in [3.8, 4) is 5.75 Å². The predicted octanol–water partition coefficient (Wildman–Crippen LogP) is 3.10. The molecule has 2 unspecified atom stereocenters. The van der Waals surface area contributed by atoms with Crippen LogP contribution < -0.4 is 4.74 Å². The van der Waals surface area contributed by atoms with Gasteiger partial charge in [0.15, 0.2) is 0 Å². The Balaban J connectivity index is 2.04. The van der Waals surface area contributed by atoms with E-state index in [4.69, 9.17) is 14.9 Å². The van der Waals surface area contributed by atoms with E-state index in [0.717, 1.165) is 11.1 Å². The molecule has 2 aromatic rings. The van der Waals surface area contributed by atoms with Crippen LogP contribution in [0.3, 0.4) is 0 Å². The fourth-order valence-electron chi connectivity index (χ4n) is 2.19. The lowest BCUT2D eigenvalue weighted by molar-refractivity contribution is 0.0734. The lowest BCUT2D eigenvalue weighted by atomic mass is 10.0. The number of hydrogen-bond donors (Lipinski definition) is 2. The number of carbonyl (C=O) groups is 1. The fraction of sp³-hybridized carbons (Fsp3) is 0.316. The third kappa shape index (κ3) is 4.41. The first kappa shape index (κ1) is 17.2. The number of rotatable bonds is 6. The van der Waals surface area contributed by atoms with E-state index in [2.05, 4.69) is 0 Å². The van der Waals surface area contributed by atoms with E-state index in [-0.39, 0.29) is 25.0 Å². The number of esters is 1. The van der Waals surface area contributed by atoms with Crippen LogP contribution in [0.15, 0.2) is 48.5 Å². The summed E-state index contributed by atoms with van der Waals surface area (Å²) in [6.45, 7) is 4.00. The predicted molar refractivity (Wildman–Crippen MR) is 88.8 cm³/mol. The molecular weight excluding hydrogens is 292 g/mol. The van der Waals surface area contributed by atoms with Crippen molar-refractivity contribution in [1.82, 2.24) is 0 Å². The van der Waals surface area contributed by atoms with Gasteiger partial charge in [0.1, 0.15) is 5.75 Å². The summed E-state index contributed by atoms with van der Waals surface area (Å²) in [6, 6.07) is 14.2. The summed E-state index contributed by atoms with van der Waals surface area (Å²) in [5.74, 6) is 0.148. The van der Waals surface area contributed by atoms with Crippen LogP contribution in [0.5, 0.6) is 5.75 Å². The van der Waals surface area contributed by atoms with Gasteiger partial charge in [-0.3, -0.25) is 0 Å². The number of ether oxygens (including phenoxy) is 1. The summed E-state index contributed by atoms with van der Waals surface area (Å²) in [5.41, 5.74) is 2.44. The minimum absolute atomic E-state index is 0.0427. The van der Waals surface area contributed by atoms with Gasteiger partial charge in [-0.2, -0.15) is 0 Å².